The van der Waals surface area contributed by atoms with E-state index in [1.165, 1.54) is 11.1 Å². The van der Waals surface area contributed by atoms with Gasteiger partial charge in [0.05, 0.1) is 65.4 Å². The van der Waals surface area contributed by atoms with Crippen LogP contribution >= 0.6 is 0 Å². The van der Waals surface area contributed by atoms with Gasteiger partial charge in [0.15, 0.2) is 23.0 Å². The molecule has 462 valence electrons. The second-order valence-corrected chi connectivity index (χ2v) is 22.8. The average molecular weight is 1240 g/mol. The van der Waals surface area contributed by atoms with Crippen LogP contribution < -0.4 is 43.3 Å². The smallest absolute Gasteiger partial charge is 0.657 e. The first kappa shape index (κ1) is 63.8. The summed E-state index contributed by atoms with van der Waals surface area (Å²) in [6, 6.07) is 45.2. The topological polar surface area (TPSA) is 113 Å². The number of methoxy groups -OCH3 is 6. The molecule has 6 aromatic carbocycles. The molecule has 0 saturated carbocycles. The molecule has 2 aliphatic heterocycles. The van der Waals surface area contributed by atoms with Crippen molar-refractivity contribution >= 4 is 73.6 Å². The molecule has 0 unspecified atom stereocenters. The van der Waals surface area contributed by atoms with E-state index in [1.807, 2.05) is 24.3 Å². The molecule has 0 saturated heterocycles. The van der Waals surface area contributed by atoms with Crippen LogP contribution in [0.5, 0.6) is 34.5 Å². The van der Waals surface area contributed by atoms with E-state index in [1.54, 1.807) is 42.7 Å². The summed E-state index contributed by atoms with van der Waals surface area (Å²) in [5, 5.41) is 0. The molecule has 0 atom stereocenters. The maximum atomic E-state index is 6.07. The van der Waals surface area contributed by atoms with Gasteiger partial charge in [-0.1, -0.05) is 140 Å². The van der Waals surface area contributed by atoms with Gasteiger partial charge in [0.1, 0.15) is 0 Å². The quantitative estimate of drug-likeness (QED) is 0.0604. The first-order chi connectivity index (χ1) is 43.1. The molecule has 11 nitrogen and oxygen atoms in total. The van der Waals surface area contributed by atoms with Crippen molar-refractivity contribution in [2.45, 2.75) is 94.9 Å². The van der Waals surface area contributed by atoms with E-state index in [9.17, 15) is 0 Å². The molecule has 2 aliphatic rings. The summed E-state index contributed by atoms with van der Waals surface area (Å²) in [7, 11) is 9.86. The second-order valence-electron chi connectivity index (χ2n) is 22.8. The van der Waals surface area contributed by atoms with Crippen LogP contribution in [0.1, 0.15) is 122 Å². The van der Waals surface area contributed by atoms with Gasteiger partial charge in [-0.15, -0.1) is 22.1 Å². The van der Waals surface area contributed by atoms with E-state index >= 15 is 0 Å². The van der Waals surface area contributed by atoms with Crippen LogP contribution in [-0.4, -0.2) is 52.6 Å². The van der Waals surface area contributed by atoms with Crippen LogP contribution in [0.3, 0.4) is 0 Å². The van der Waals surface area contributed by atoms with Gasteiger partial charge >= 0.3 is 16.5 Å². The van der Waals surface area contributed by atoms with Gasteiger partial charge in [-0.25, -0.2) is 9.97 Å². The average Bonchev–Trinajstić information content (AvgIpc) is 1.58. The largest absolute Gasteiger partial charge is 2.00 e. The predicted octanol–water partition coefficient (Wildman–Crippen LogP) is 19.3. The first-order valence-corrected chi connectivity index (χ1v) is 30.7. The number of ether oxygens (including phenoxy) is 6. The molecule has 8 bridgehead atoms. The number of benzene rings is 6. The number of allylic oxidation sites excluding steroid dienone is 4. The van der Waals surface area contributed by atoms with Gasteiger partial charge < -0.3 is 43.3 Å². The van der Waals surface area contributed by atoms with Crippen molar-refractivity contribution in [3.63, 3.8) is 0 Å². The molecule has 12 heteroatoms. The van der Waals surface area contributed by atoms with E-state index in [0.29, 0.717) is 47.3 Å². The Morgan fingerprint density at radius 1 is 0.400 bits per heavy atom. The molecular formula is C78H79N5NiO6. The van der Waals surface area contributed by atoms with Gasteiger partial charge in [-0.3, -0.25) is 0 Å². The summed E-state index contributed by atoms with van der Waals surface area (Å²) in [6.45, 7) is 21.8. The Morgan fingerprint density at radius 2 is 0.800 bits per heavy atom. The number of aryl methyl sites for hydroxylation is 6. The molecule has 5 heterocycles. The zero-order chi connectivity index (χ0) is 62.9. The van der Waals surface area contributed by atoms with Crippen molar-refractivity contribution in [2.24, 2.45) is 0 Å². The van der Waals surface area contributed by atoms with Crippen LogP contribution in [0.4, 0.5) is 17.1 Å². The minimum Gasteiger partial charge on any atom is -0.657 e. The third-order valence-electron chi connectivity index (χ3n) is 17.8. The predicted molar refractivity (Wildman–Crippen MR) is 368 cm³/mol. The second kappa shape index (κ2) is 26.8. The molecule has 0 aliphatic carbocycles. The number of hydrogen-bond acceptors (Lipinski definition) is 9. The normalized spacial score (nSPS) is 12.2. The summed E-state index contributed by atoms with van der Waals surface area (Å²) in [5.74, 6) is 3.12. The maximum absolute atomic E-state index is 6.07. The Morgan fingerprint density at radius 3 is 1.23 bits per heavy atom. The standard InChI is InChI=1S/C78H79N5O6.Ni/c1-17-58-46(7)71-69(53-39-64(84-11)77(88-15)65(40-53)85-12)73-48(9)60(19-3)75(81-73)68(52-31-27-50(28-32-52)25-26-51-29-37-57(38-30-51)83(55-33-21-44(5)22-34-55)56-35-23-45(6)24-36-56)76-61(20-4)49(10)74(82-76)70(54-41-66(86-13)78(89-16)67(42-54)87-14)72-47(8)59(18-2)63(80-72)43-62(58)79-71;/h21-43H,17-20H2,1-16H3;/q-2;+2/b26-25+,62-43?,63-43?,71-69?,72-70?,73-69?,74-70?,75-68?,76-68?;. The Balaban J connectivity index is 0.00000891. The number of fused-ring (bicyclic) bond motifs is 8. The molecule has 0 radical (unpaired) electrons. The Labute approximate surface area is 540 Å². The van der Waals surface area contributed by atoms with Crippen molar-refractivity contribution in [3.05, 3.63) is 195 Å². The van der Waals surface area contributed by atoms with Gasteiger partial charge in [-0.05, 0) is 195 Å². The zero-order valence-electron chi connectivity index (χ0n) is 54.6. The summed E-state index contributed by atoms with van der Waals surface area (Å²) < 4.78 is 36.1. The van der Waals surface area contributed by atoms with Crippen LogP contribution in [0, 0.1) is 27.7 Å². The van der Waals surface area contributed by atoms with Crippen molar-refractivity contribution < 1.29 is 44.9 Å². The van der Waals surface area contributed by atoms with Crippen molar-refractivity contribution in [1.29, 1.82) is 0 Å². The third kappa shape index (κ3) is 11.5. The third-order valence-corrected chi connectivity index (χ3v) is 17.8. The molecule has 0 fully saturated rings. The van der Waals surface area contributed by atoms with E-state index in [-0.39, 0.29) is 16.5 Å². The van der Waals surface area contributed by atoms with E-state index in [4.69, 9.17) is 48.4 Å². The summed E-state index contributed by atoms with van der Waals surface area (Å²) in [6.07, 6.45) is 7.21. The molecule has 3 aromatic heterocycles. The minimum absolute atomic E-state index is 0. The van der Waals surface area contributed by atoms with Crippen molar-refractivity contribution in [3.8, 4) is 67.9 Å². The van der Waals surface area contributed by atoms with Crippen LogP contribution in [0.25, 0.3) is 89.9 Å². The SMILES string of the molecule is CCC1=C(C)c2nc1cc1[n-]c(c(C)c1CC)c(-c1cc(OC)c(OC)c(OC)c1)c1nc(c(-c3ccc(/C=C/c4ccc(N(c5ccc(C)cc5)c5ccc(C)cc5)cc4)cc3)c3[n-]c(c(C)c3CC)c2-c2cc(OC)c(OC)c(OC)c2)C(CC)=C1C.[Ni+2]. The molecular weight excluding hydrogens is 1160 g/mol. The van der Waals surface area contributed by atoms with Crippen LogP contribution in [-0.2, 0) is 29.3 Å². The molecule has 90 heavy (non-hydrogen) atoms. The number of nitrogens with zero attached hydrogens (tertiary/aromatic N) is 5. The summed E-state index contributed by atoms with van der Waals surface area (Å²) in [4.78, 5) is 25.6. The fourth-order valence-corrected chi connectivity index (χ4v) is 13.0. The van der Waals surface area contributed by atoms with Gasteiger partial charge in [-0.2, -0.15) is 0 Å². The molecule has 9 aromatic rings. The van der Waals surface area contributed by atoms with Crippen LogP contribution in [0.2, 0.25) is 0 Å². The maximum Gasteiger partial charge on any atom is 2.00 e. The Kier molecular flexibility index (Phi) is 19.0. The number of anilines is 3. The summed E-state index contributed by atoms with van der Waals surface area (Å²) in [5.41, 5.74) is 28.5. The Hall–Kier alpha value is -9.25. The summed E-state index contributed by atoms with van der Waals surface area (Å²) >= 11 is 0. The molecule has 0 spiro atoms. The van der Waals surface area contributed by atoms with Crippen molar-refractivity contribution in [2.75, 3.05) is 47.6 Å². The zero-order valence-corrected chi connectivity index (χ0v) is 55.6. The van der Waals surface area contributed by atoms with E-state index < -0.39 is 0 Å². The number of aromatic nitrogens is 4. The number of hydrogen-bond donors (Lipinski definition) is 0. The van der Waals surface area contributed by atoms with Crippen molar-refractivity contribution in [1.82, 2.24) is 19.9 Å². The van der Waals surface area contributed by atoms with Crippen LogP contribution in [0.15, 0.2) is 127 Å². The fourth-order valence-electron chi connectivity index (χ4n) is 13.0. The monoisotopic (exact) mass is 1240 g/mol. The molecule has 0 N–H and O–H groups in total. The van der Waals surface area contributed by atoms with Gasteiger partial charge in [0.2, 0.25) is 11.5 Å². The minimum atomic E-state index is 0. The molecule has 11 rings (SSSR count). The first-order valence-electron chi connectivity index (χ1n) is 30.7. The van der Waals surface area contributed by atoms with Gasteiger partial charge in [0, 0.05) is 17.1 Å². The fraction of sp³-hybridized carbons (Fsp3) is 0.256. The van der Waals surface area contributed by atoms with Gasteiger partial charge in [0.25, 0.3) is 0 Å². The Bertz CT molecular complexity index is 4320. The van der Waals surface area contributed by atoms with E-state index in [2.05, 4.69) is 189 Å². The molecule has 0 amide bonds. The van der Waals surface area contributed by atoms with E-state index in [0.717, 1.165) is 164 Å². The number of rotatable bonds is 18.